The third-order valence-electron chi connectivity index (χ3n) is 14.3. The van der Waals surface area contributed by atoms with Gasteiger partial charge in [-0.15, -0.1) is 0 Å². The molecule has 3 N–H and O–H groups in total. The Labute approximate surface area is 308 Å². The molecule has 5 aliphatic rings. The van der Waals surface area contributed by atoms with E-state index in [4.69, 9.17) is 14.2 Å². The summed E-state index contributed by atoms with van der Waals surface area (Å²) in [5, 5.41) is 36.4. The topological polar surface area (TPSA) is 146 Å². The number of aliphatic hydroxyl groups is 3. The van der Waals surface area contributed by atoms with E-state index in [0.717, 1.165) is 38.3 Å². The number of esters is 2. The third kappa shape index (κ3) is 6.27. The summed E-state index contributed by atoms with van der Waals surface area (Å²) < 4.78 is 18.4. The number of carbonyl (C=O) groups is 3. The van der Waals surface area contributed by atoms with E-state index >= 15 is 4.79 Å². The summed E-state index contributed by atoms with van der Waals surface area (Å²) in [7, 11) is 2.11. The van der Waals surface area contributed by atoms with Crippen LogP contribution in [-0.4, -0.2) is 125 Å². The van der Waals surface area contributed by atoms with Crippen LogP contribution in [0.25, 0.3) is 0 Å². The second-order valence-electron chi connectivity index (χ2n) is 17.5. The van der Waals surface area contributed by atoms with Crippen molar-refractivity contribution in [2.45, 2.75) is 116 Å². The lowest BCUT2D eigenvalue weighted by Gasteiger charge is -2.68. The highest BCUT2D eigenvalue weighted by atomic mass is 16.6. The van der Waals surface area contributed by atoms with Crippen LogP contribution in [0.3, 0.4) is 0 Å². The molecule has 0 radical (unpaired) electrons. The van der Waals surface area contributed by atoms with E-state index in [0.29, 0.717) is 30.6 Å². The van der Waals surface area contributed by atoms with Crippen LogP contribution >= 0.6 is 0 Å². The molecule has 4 fully saturated rings. The number of hydrogen-bond acceptors (Lipinski definition) is 11. The monoisotopic (exact) mass is 724 g/mol. The molecule has 0 amide bonds. The summed E-state index contributed by atoms with van der Waals surface area (Å²) in [5.41, 5.74) is -3.03. The number of fused-ring (bicyclic) bond motifs is 5. The molecular formula is C41H60N2O9. The Bertz CT molecular complexity index is 1560. The maximum absolute atomic E-state index is 15.0. The number of ether oxygens (including phenoxy) is 3. The lowest BCUT2D eigenvalue weighted by molar-refractivity contribution is -0.303. The van der Waals surface area contributed by atoms with Crippen molar-refractivity contribution in [2.24, 2.45) is 28.1 Å². The van der Waals surface area contributed by atoms with Crippen LogP contribution in [0.1, 0.15) is 85.6 Å². The van der Waals surface area contributed by atoms with Gasteiger partial charge < -0.3 is 39.3 Å². The van der Waals surface area contributed by atoms with Crippen molar-refractivity contribution in [3.05, 3.63) is 47.0 Å². The first-order chi connectivity index (χ1) is 24.4. The fourth-order valence-electron chi connectivity index (χ4n) is 10.8. The number of aliphatic hydroxyl groups excluding tert-OH is 2. The molecular weight excluding hydrogens is 664 g/mol. The summed E-state index contributed by atoms with van der Waals surface area (Å²) in [6, 6.07) is 9.20. The lowest BCUT2D eigenvalue weighted by Crippen LogP contribution is -2.75. The Morgan fingerprint density at radius 1 is 1.06 bits per heavy atom. The molecule has 1 aromatic carbocycles. The Morgan fingerprint density at radius 3 is 2.33 bits per heavy atom. The Hall–Kier alpha value is -2.67. The molecule has 2 unspecified atom stereocenters. The molecule has 6 rings (SSSR count). The average Bonchev–Trinajstić information content (AvgIpc) is 3.10. The van der Waals surface area contributed by atoms with Gasteiger partial charge >= 0.3 is 11.9 Å². The van der Waals surface area contributed by atoms with Crippen molar-refractivity contribution < 1.29 is 43.9 Å². The zero-order chi connectivity index (χ0) is 38.0. The SMILES string of the molecule is CC1=C2[C@@H](O)C(=O)[C@@]3(C)C(C(C)[C@](O)(C[C@@H]1OC(=O)[C@H](O)[C@@H](C)c1ccccc1)C2(C)C)[C@]1(C)CO[C@@H]1C[C@@H]3OC(=O)CCCN1CCN(C)CC1. The van der Waals surface area contributed by atoms with Crippen molar-refractivity contribution in [3.8, 4) is 0 Å². The van der Waals surface area contributed by atoms with Crippen molar-refractivity contribution in [1.82, 2.24) is 9.80 Å². The molecule has 2 saturated carbocycles. The van der Waals surface area contributed by atoms with Gasteiger partial charge in [0.1, 0.15) is 18.3 Å². The summed E-state index contributed by atoms with van der Waals surface area (Å²) in [6.45, 7) is 18.0. The molecule has 288 valence electrons. The normalized spacial score (nSPS) is 38.9. The van der Waals surface area contributed by atoms with Gasteiger partial charge in [0.2, 0.25) is 0 Å². The summed E-state index contributed by atoms with van der Waals surface area (Å²) in [6.07, 6.45) is -4.13. The Kier molecular flexibility index (Phi) is 10.7. The summed E-state index contributed by atoms with van der Waals surface area (Å²) in [4.78, 5) is 46.7. The quantitative estimate of drug-likeness (QED) is 0.254. The van der Waals surface area contributed by atoms with Crippen LogP contribution < -0.4 is 0 Å². The first-order valence-electron chi connectivity index (χ1n) is 19.2. The molecule has 2 bridgehead atoms. The number of likely N-dealkylation sites (N-methyl/N-ethyl adjacent to an activating group) is 1. The van der Waals surface area contributed by atoms with E-state index in [-0.39, 0.29) is 24.9 Å². The van der Waals surface area contributed by atoms with Crippen LogP contribution in [0.2, 0.25) is 0 Å². The van der Waals surface area contributed by atoms with E-state index in [1.54, 1.807) is 20.8 Å². The first-order valence-corrected chi connectivity index (χ1v) is 19.2. The maximum Gasteiger partial charge on any atom is 0.336 e. The van der Waals surface area contributed by atoms with Gasteiger partial charge in [0.05, 0.1) is 23.7 Å². The van der Waals surface area contributed by atoms with Gasteiger partial charge in [-0.1, -0.05) is 65.0 Å². The van der Waals surface area contributed by atoms with Gasteiger partial charge in [-0.2, -0.15) is 0 Å². The van der Waals surface area contributed by atoms with Crippen molar-refractivity contribution in [1.29, 1.82) is 0 Å². The van der Waals surface area contributed by atoms with Crippen molar-refractivity contribution >= 4 is 17.7 Å². The van der Waals surface area contributed by atoms with E-state index in [1.165, 1.54) is 0 Å². The number of ketones is 1. The summed E-state index contributed by atoms with van der Waals surface area (Å²) >= 11 is 0. The molecule has 2 heterocycles. The van der Waals surface area contributed by atoms with Crippen LogP contribution in [0.15, 0.2) is 41.5 Å². The predicted octanol–water partition coefficient (Wildman–Crippen LogP) is 3.49. The molecule has 2 saturated heterocycles. The average molecular weight is 725 g/mol. The largest absolute Gasteiger partial charge is 0.461 e. The molecule has 3 aliphatic carbocycles. The standard InChI is InChI=1S/C41H60N2O9/c1-24(27-13-10-9-11-14-27)33(45)37(48)51-28-22-41(49)26(3)35-39(6)23-50-29(39)21-30(52-31(44)15-12-16-43-19-17-42(8)18-20-43)40(35,7)36(47)34(46)32(25(28)2)38(41,4)5/h9-11,13-14,24,26,28-30,33-35,45-46,49H,12,15-23H2,1-8H3/t24-,26?,28-,29+,30-,33+,34+,35?,39+,40+,41+/m0/s1. The molecule has 11 nitrogen and oxygen atoms in total. The smallest absolute Gasteiger partial charge is 0.336 e. The van der Waals surface area contributed by atoms with Gasteiger partial charge in [0.25, 0.3) is 0 Å². The number of Topliss-reactive ketones (excluding diaryl/α,β-unsaturated/α-hetero) is 1. The second-order valence-corrected chi connectivity index (χ2v) is 17.5. The molecule has 52 heavy (non-hydrogen) atoms. The van der Waals surface area contributed by atoms with E-state index in [2.05, 4.69) is 23.8 Å². The van der Waals surface area contributed by atoms with Crippen LogP contribution in [0, 0.1) is 28.1 Å². The molecule has 11 heteroatoms. The zero-order valence-corrected chi connectivity index (χ0v) is 32.3. The van der Waals surface area contributed by atoms with Crippen LogP contribution in [0.5, 0.6) is 0 Å². The second kappa shape index (κ2) is 14.2. The highest BCUT2D eigenvalue weighted by Crippen LogP contribution is 2.67. The zero-order valence-electron chi connectivity index (χ0n) is 32.3. The molecule has 2 aliphatic heterocycles. The predicted molar refractivity (Wildman–Crippen MR) is 194 cm³/mol. The molecule has 0 spiro atoms. The van der Waals surface area contributed by atoms with Gasteiger partial charge in [-0.05, 0) is 62.4 Å². The number of nitrogens with zero attached hydrogens (tertiary/aromatic N) is 2. The third-order valence-corrected chi connectivity index (χ3v) is 14.3. The number of carbonyl (C=O) groups excluding carboxylic acids is 3. The van der Waals surface area contributed by atoms with Gasteiger partial charge in [0.15, 0.2) is 11.9 Å². The van der Waals surface area contributed by atoms with Crippen LogP contribution in [-0.2, 0) is 28.6 Å². The minimum Gasteiger partial charge on any atom is -0.461 e. The summed E-state index contributed by atoms with van der Waals surface area (Å²) in [5.74, 6) is -3.39. The number of rotatable bonds is 9. The highest BCUT2D eigenvalue weighted by molar-refractivity contribution is 5.93. The van der Waals surface area contributed by atoms with Crippen molar-refractivity contribution in [2.75, 3.05) is 46.4 Å². The number of hydrogen-bond donors (Lipinski definition) is 3. The lowest BCUT2D eigenvalue weighted by atomic mass is 9.40. The molecule has 0 aromatic heterocycles. The van der Waals surface area contributed by atoms with Gasteiger partial charge in [-0.25, -0.2) is 4.79 Å². The fourth-order valence-corrected chi connectivity index (χ4v) is 10.8. The number of piperazine rings is 1. The van der Waals surface area contributed by atoms with Crippen LogP contribution in [0.4, 0.5) is 0 Å². The first kappa shape index (κ1) is 39.0. The van der Waals surface area contributed by atoms with Gasteiger partial charge in [-0.3, -0.25) is 9.59 Å². The molecule has 1 aromatic rings. The highest BCUT2D eigenvalue weighted by Gasteiger charge is 2.73. The Morgan fingerprint density at radius 2 is 1.71 bits per heavy atom. The number of benzene rings is 1. The molecule has 11 atom stereocenters. The van der Waals surface area contributed by atoms with E-state index < -0.39 is 75.8 Å². The fraction of sp³-hybridized carbons (Fsp3) is 0.732. The van der Waals surface area contributed by atoms with Gasteiger partial charge in [0, 0.05) is 62.2 Å². The maximum atomic E-state index is 15.0. The minimum atomic E-state index is -1.66. The minimum absolute atomic E-state index is 0.000514. The Balaban J connectivity index is 1.30. The van der Waals surface area contributed by atoms with E-state index in [9.17, 15) is 24.9 Å². The van der Waals surface area contributed by atoms with Crippen molar-refractivity contribution in [3.63, 3.8) is 0 Å². The van der Waals surface area contributed by atoms with E-state index in [1.807, 2.05) is 51.1 Å².